The topological polar surface area (TPSA) is 43.4 Å². The monoisotopic (exact) mass is 320 g/mol. The van der Waals surface area contributed by atoms with Crippen LogP contribution in [0, 0.1) is 0 Å². The fourth-order valence-electron chi connectivity index (χ4n) is 0.194. The van der Waals surface area contributed by atoms with E-state index in [-0.39, 0.29) is 62.0 Å². The maximum Gasteiger partial charge on any atom is 1.00 e. The van der Waals surface area contributed by atoms with E-state index in [1.165, 1.54) is 0 Å². The zero-order valence-electron chi connectivity index (χ0n) is 9.19. The molecule has 0 bridgehead atoms. The number of halogens is 5. The van der Waals surface area contributed by atoms with Crippen LogP contribution in [0.1, 0.15) is 2.85 Å². The largest absolute Gasteiger partial charge is 1.00 e. The Morgan fingerprint density at radius 1 is 1.14 bits per heavy atom. The van der Waals surface area contributed by atoms with Crippen LogP contribution in [0.5, 0.6) is 0 Å². The average molecular weight is 322 g/mol. The second-order valence-corrected chi connectivity index (χ2v) is 4.88. The van der Waals surface area contributed by atoms with Gasteiger partial charge in [-0.15, -0.1) is 0 Å². The first-order chi connectivity index (χ1) is 5.25. The molecule has 0 aliphatic rings. The smallest absolute Gasteiger partial charge is 1.00 e. The van der Waals surface area contributed by atoms with Gasteiger partial charge in [-0.05, 0) is 0 Å². The Balaban J connectivity index is -0.000000101. The standard InChI is InChI=1S/C4HCl5O3.2Na.2H/c5-1(6)2(10)12-3(11)4(7,8)9;;;;/h1H;;;;/q;2*+1;2*-1. The molecule has 0 N–H and O–H groups in total. The summed E-state index contributed by atoms with van der Waals surface area (Å²) >= 11 is 25.2. The molecule has 0 amide bonds. The maximum atomic E-state index is 10.6. The summed E-state index contributed by atoms with van der Waals surface area (Å²) in [5.74, 6) is -2.53. The summed E-state index contributed by atoms with van der Waals surface area (Å²) in [5.41, 5.74) is 0. The van der Waals surface area contributed by atoms with Crippen molar-refractivity contribution in [3.05, 3.63) is 0 Å². The van der Waals surface area contributed by atoms with Gasteiger partial charge in [0, 0.05) is 0 Å². The molecule has 0 aliphatic heterocycles. The van der Waals surface area contributed by atoms with E-state index in [4.69, 9.17) is 58.0 Å². The maximum absolute atomic E-state index is 10.6. The molecule has 0 aliphatic carbocycles. The van der Waals surface area contributed by atoms with Crippen molar-refractivity contribution in [3.63, 3.8) is 0 Å². The molecular weight excluding hydrogens is 319 g/mol. The van der Waals surface area contributed by atoms with Gasteiger partial charge in [-0.1, -0.05) is 58.0 Å². The molecule has 0 saturated carbocycles. The SMILES string of the molecule is O=C(OC(=O)C(Cl)(Cl)Cl)C(Cl)Cl.[H-].[H-].[Na+].[Na+]. The van der Waals surface area contributed by atoms with Gasteiger partial charge in [0.25, 0.3) is 3.79 Å². The normalized spacial score (nSPS) is 9.86. The summed E-state index contributed by atoms with van der Waals surface area (Å²) in [7, 11) is 0. The second kappa shape index (κ2) is 9.60. The van der Waals surface area contributed by atoms with Gasteiger partial charge in [0.2, 0.25) is 4.84 Å². The molecule has 0 atom stereocenters. The third kappa shape index (κ3) is 9.79. The van der Waals surface area contributed by atoms with Gasteiger partial charge in [-0.3, -0.25) is 0 Å². The Morgan fingerprint density at radius 2 is 1.50 bits per heavy atom. The zero-order chi connectivity index (χ0) is 9.94. The minimum Gasteiger partial charge on any atom is -1.00 e. The van der Waals surface area contributed by atoms with Crippen LogP contribution in [0.15, 0.2) is 0 Å². The van der Waals surface area contributed by atoms with Crippen molar-refractivity contribution < 1.29 is 76.3 Å². The number of rotatable bonds is 1. The molecule has 0 aromatic carbocycles. The Labute approximate surface area is 153 Å². The van der Waals surface area contributed by atoms with E-state index in [1.54, 1.807) is 0 Å². The van der Waals surface area contributed by atoms with Crippen LogP contribution >= 0.6 is 58.0 Å². The van der Waals surface area contributed by atoms with Crippen LogP contribution in [-0.2, 0) is 14.3 Å². The van der Waals surface area contributed by atoms with Crippen molar-refractivity contribution in [1.29, 1.82) is 0 Å². The van der Waals surface area contributed by atoms with Crippen LogP contribution in [-0.4, -0.2) is 20.6 Å². The van der Waals surface area contributed by atoms with Gasteiger partial charge >= 0.3 is 71.1 Å². The van der Waals surface area contributed by atoms with Crippen LogP contribution < -0.4 is 59.1 Å². The zero-order valence-corrected chi connectivity index (χ0v) is 15.0. The molecule has 0 saturated heterocycles. The minimum absolute atomic E-state index is 0. The second-order valence-electron chi connectivity index (χ2n) is 1.51. The van der Waals surface area contributed by atoms with Gasteiger partial charge in [-0.25, -0.2) is 9.59 Å². The van der Waals surface area contributed by atoms with Gasteiger partial charge < -0.3 is 7.59 Å². The van der Waals surface area contributed by atoms with E-state index in [2.05, 4.69) is 4.74 Å². The van der Waals surface area contributed by atoms with Gasteiger partial charge in [0.05, 0.1) is 0 Å². The van der Waals surface area contributed by atoms with E-state index >= 15 is 0 Å². The van der Waals surface area contributed by atoms with Crippen molar-refractivity contribution >= 4 is 69.9 Å². The molecule has 74 valence electrons. The van der Waals surface area contributed by atoms with Crippen LogP contribution in [0.25, 0.3) is 0 Å². The van der Waals surface area contributed by atoms with Gasteiger partial charge in [0.15, 0.2) is 0 Å². The summed E-state index contributed by atoms with van der Waals surface area (Å²) in [6.07, 6.45) is 0. The average Bonchev–Trinajstić information content (AvgIpc) is 1.85. The molecule has 0 unspecified atom stereocenters. The van der Waals surface area contributed by atoms with Crippen molar-refractivity contribution in [2.45, 2.75) is 8.63 Å². The first-order valence-corrected chi connectivity index (χ1v) is 4.37. The third-order valence-corrected chi connectivity index (χ3v) is 1.42. The van der Waals surface area contributed by atoms with Crippen LogP contribution in [0.3, 0.4) is 0 Å². The molecule has 0 fully saturated rings. The number of hydrogen-bond acceptors (Lipinski definition) is 3. The van der Waals surface area contributed by atoms with E-state index in [1.807, 2.05) is 0 Å². The van der Waals surface area contributed by atoms with Crippen molar-refractivity contribution in [2.24, 2.45) is 0 Å². The van der Waals surface area contributed by atoms with Crippen LogP contribution in [0.4, 0.5) is 0 Å². The fraction of sp³-hybridized carbons (Fsp3) is 0.500. The van der Waals surface area contributed by atoms with Gasteiger partial charge in [-0.2, -0.15) is 0 Å². The number of hydrogen-bond donors (Lipinski definition) is 0. The molecule has 10 heteroatoms. The summed E-state index contributed by atoms with van der Waals surface area (Å²) in [6.45, 7) is 0. The Kier molecular flexibility index (Phi) is 15.0. The molecule has 0 aromatic rings. The number of esters is 2. The fourth-order valence-corrected chi connectivity index (χ4v) is 0.399. The first-order valence-electron chi connectivity index (χ1n) is 2.36. The van der Waals surface area contributed by atoms with Crippen molar-refractivity contribution in [2.75, 3.05) is 0 Å². The Bertz CT molecular complexity index is 212. The quantitative estimate of drug-likeness (QED) is 0.217. The summed E-state index contributed by atoms with van der Waals surface area (Å²) in [6, 6.07) is 0. The van der Waals surface area contributed by atoms with Crippen molar-refractivity contribution in [1.82, 2.24) is 0 Å². The minimum atomic E-state index is -2.31. The predicted molar refractivity (Wildman–Crippen MR) is 49.1 cm³/mol. The number of carbonyl (C=O) groups excluding carboxylic acids is 2. The van der Waals surface area contributed by atoms with Gasteiger partial charge in [0.1, 0.15) is 0 Å². The molecule has 14 heavy (non-hydrogen) atoms. The summed E-state index contributed by atoms with van der Waals surface area (Å²) in [4.78, 5) is 19.7. The Hall–Kier alpha value is 2.59. The van der Waals surface area contributed by atoms with E-state index in [0.29, 0.717) is 0 Å². The molecule has 3 nitrogen and oxygen atoms in total. The molecule has 0 heterocycles. The third-order valence-electron chi connectivity index (χ3n) is 0.603. The number of ether oxygens (including phenoxy) is 1. The predicted octanol–water partition coefficient (Wildman–Crippen LogP) is -3.54. The first kappa shape index (κ1) is 21.8. The molecule has 0 spiro atoms. The molecular formula is C4H3Cl5Na2O3. The number of carbonyl (C=O) groups is 2. The number of alkyl halides is 5. The van der Waals surface area contributed by atoms with E-state index in [9.17, 15) is 9.59 Å². The summed E-state index contributed by atoms with van der Waals surface area (Å²) in [5, 5.41) is 0. The van der Waals surface area contributed by atoms with E-state index < -0.39 is 20.6 Å². The molecule has 0 rings (SSSR count). The Morgan fingerprint density at radius 3 is 1.71 bits per heavy atom. The summed E-state index contributed by atoms with van der Waals surface area (Å²) < 4.78 is 1.63. The molecule has 0 aromatic heterocycles. The van der Waals surface area contributed by atoms with E-state index in [0.717, 1.165) is 0 Å². The van der Waals surface area contributed by atoms with Crippen LogP contribution in [0.2, 0.25) is 0 Å². The van der Waals surface area contributed by atoms with Crippen molar-refractivity contribution in [3.8, 4) is 0 Å². The molecule has 0 radical (unpaired) electrons.